The molecule has 0 saturated heterocycles. The molecule has 0 fully saturated rings. The minimum Gasteiger partial charge on any atom is -0.481 e. The first-order valence-corrected chi connectivity index (χ1v) is 5.52. The monoisotopic (exact) mass is 221 g/mol. The SMILES string of the molecule is Cc1ccc(NCC(C)CC(=O)O)c(C)c1. The molecular formula is C13H19NO2. The van der Waals surface area contributed by atoms with E-state index in [1.54, 1.807) is 0 Å². The number of carboxylic acid groups (broad SMARTS) is 1. The first kappa shape index (κ1) is 12.6. The topological polar surface area (TPSA) is 49.3 Å². The molecule has 0 aliphatic carbocycles. The van der Waals surface area contributed by atoms with Crippen LogP contribution in [0.15, 0.2) is 18.2 Å². The maximum absolute atomic E-state index is 10.5. The molecule has 0 radical (unpaired) electrons. The predicted octanol–water partition coefficient (Wildman–Crippen LogP) is 2.83. The van der Waals surface area contributed by atoms with Crippen LogP contribution in [0.4, 0.5) is 5.69 Å². The molecule has 1 unspecified atom stereocenters. The Morgan fingerprint density at radius 1 is 1.44 bits per heavy atom. The summed E-state index contributed by atoms with van der Waals surface area (Å²) < 4.78 is 0. The lowest BCUT2D eigenvalue weighted by Gasteiger charge is -2.13. The Bertz CT molecular complexity index is 374. The molecule has 1 aromatic rings. The maximum Gasteiger partial charge on any atom is 0.303 e. The molecule has 0 saturated carbocycles. The van der Waals surface area contributed by atoms with Gasteiger partial charge in [0.2, 0.25) is 0 Å². The van der Waals surface area contributed by atoms with Crippen LogP contribution in [0.25, 0.3) is 0 Å². The smallest absolute Gasteiger partial charge is 0.303 e. The highest BCUT2D eigenvalue weighted by atomic mass is 16.4. The third-order valence-electron chi connectivity index (χ3n) is 2.55. The number of aliphatic carboxylic acids is 1. The van der Waals surface area contributed by atoms with Gasteiger partial charge in [0, 0.05) is 18.7 Å². The van der Waals surface area contributed by atoms with Gasteiger partial charge in [-0.05, 0) is 31.4 Å². The molecular weight excluding hydrogens is 202 g/mol. The van der Waals surface area contributed by atoms with Crippen molar-refractivity contribution in [2.45, 2.75) is 27.2 Å². The summed E-state index contributed by atoms with van der Waals surface area (Å²) in [5.74, 6) is -0.604. The maximum atomic E-state index is 10.5. The molecule has 2 N–H and O–H groups in total. The fourth-order valence-corrected chi connectivity index (χ4v) is 1.67. The fraction of sp³-hybridized carbons (Fsp3) is 0.462. The van der Waals surface area contributed by atoms with E-state index in [9.17, 15) is 4.79 Å². The average molecular weight is 221 g/mol. The fourth-order valence-electron chi connectivity index (χ4n) is 1.67. The Morgan fingerprint density at radius 3 is 2.69 bits per heavy atom. The second-order valence-corrected chi connectivity index (χ2v) is 4.40. The van der Waals surface area contributed by atoms with Crippen LogP contribution in [0.2, 0.25) is 0 Å². The van der Waals surface area contributed by atoms with Crippen molar-refractivity contribution in [3.63, 3.8) is 0 Å². The molecule has 3 heteroatoms. The molecule has 0 aromatic heterocycles. The van der Waals surface area contributed by atoms with Crippen molar-refractivity contribution >= 4 is 11.7 Å². The number of anilines is 1. The van der Waals surface area contributed by atoms with Crippen molar-refractivity contribution in [3.8, 4) is 0 Å². The van der Waals surface area contributed by atoms with Crippen LogP contribution < -0.4 is 5.32 Å². The Balaban J connectivity index is 2.51. The molecule has 1 atom stereocenters. The standard InChI is InChI=1S/C13H19NO2/c1-9-4-5-12(11(3)6-9)14-8-10(2)7-13(15)16/h4-6,10,14H,7-8H2,1-3H3,(H,15,16). The molecule has 1 rings (SSSR count). The highest BCUT2D eigenvalue weighted by molar-refractivity contribution is 5.67. The van der Waals surface area contributed by atoms with Crippen molar-refractivity contribution < 1.29 is 9.90 Å². The molecule has 88 valence electrons. The molecule has 0 aliphatic heterocycles. The summed E-state index contributed by atoms with van der Waals surface area (Å²) in [5, 5.41) is 11.9. The minimum atomic E-state index is -0.741. The van der Waals surface area contributed by atoms with Crippen LogP contribution in [0.5, 0.6) is 0 Å². The summed E-state index contributed by atoms with van der Waals surface area (Å²) in [7, 11) is 0. The summed E-state index contributed by atoms with van der Waals surface area (Å²) in [6, 6.07) is 6.21. The number of hydrogen-bond acceptors (Lipinski definition) is 2. The minimum absolute atomic E-state index is 0.137. The Kier molecular flexibility index (Phi) is 4.35. The van der Waals surface area contributed by atoms with E-state index in [4.69, 9.17) is 5.11 Å². The molecule has 3 nitrogen and oxygen atoms in total. The number of hydrogen-bond donors (Lipinski definition) is 2. The van der Waals surface area contributed by atoms with Gasteiger partial charge in [0.15, 0.2) is 0 Å². The molecule has 16 heavy (non-hydrogen) atoms. The highest BCUT2D eigenvalue weighted by Crippen LogP contribution is 2.16. The molecule has 0 heterocycles. The summed E-state index contributed by atoms with van der Waals surface area (Å²) in [6.45, 7) is 6.74. The summed E-state index contributed by atoms with van der Waals surface area (Å²) in [6.07, 6.45) is 0.206. The summed E-state index contributed by atoms with van der Waals surface area (Å²) >= 11 is 0. The van der Waals surface area contributed by atoms with Gasteiger partial charge >= 0.3 is 5.97 Å². The lowest BCUT2D eigenvalue weighted by Crippen LogP contribution is -2.15. The van der Waals surface area contributed by atoms with Gasteiger partial charge in [-0.3, -0.25) is 4.79 Å². The zero-order valence-corrected chi connectivity index (χ0v) is 10.1. The Morgan fingerprint density at radius 2 is 2.12 bits per heavy atom. The van der Waals surface area contributed by atoms with Crippen LogP contribution in [0.1, 0.15) is 24.5 Å². The van der Waals surface area contributed by atoms with Crippen LogP contribution in [0.3, 0.4) is 0 Å². The van der Waals surface area contributed by atoms with E-state index in [0.717, 1.165) is 5.69 Å². The Labute approximate surface area is 96.5 Å². The number of carboxylic acids is 1. The molecule has 0 spiro atoms. The van der Waals surface area contributed by atoms with E-state index in [1.807, 2.05) is 13.0 Å². The number of carbonyl (C=O) groups is 1. The third kappa shape index (κ3) is 3.93. The predicted molar refractivity (Wildman–Crippen MR) is 65.8 cm³/mol. The van der Waals surface area contributed by atoms with Crippen molar-refractivity contribution in [3.05, 3.63) is 29.3 Å². The molecule has 0 aliphatic rings. The van der Waals surface area contributed by atoms with Gasteiger partial charge in [-0.1, -0.05) is 24.6 Å². The first-order chi connectivity index (χ1) is 7.49. The first-order valence-electron chi connectivity index (χ1n) is 5.52. The number of aryl methyl sites for hydroxylation is 2. The van der Waals surface area contributed by atoms with Crippen molar-refractivity contribution in [1.29, 1.82) is 0 Å². The second kappa shape index (κ2) is 5.54. The average Bonchev–Trinajstić information content (AvgIpc) is 2.15. The zero-order valence-electron chi connectivity index (χ0n) is 10.1. The van der Waals surface area contributed by atoms with E-state index < -0.39 is 5.97 Å². The number of benzene rings is 1. The normalized spacial score (nSPS) is 12.2. The Hall–Kier alpha value is -1.51. The molecule has 1 aromatic carbocycles. The van der Waals surface area contributed by atoms with Gasteiger partial charge in [0.1, 0.15) is 0 Å². The van der Waals surface area contributed by atoms with Gasteiger partial charge in [-0.15, -0.1) is 0 Å². The van der Waals surface area contributed by atoms with Crippen molar-refractivity contribution in [2.24, 2.45) is 5.92 Å². The number of rotatable bonds is 5. The second-order valence-electron chi connectivity index (χ2n) is 4.40. The number of nitrogens with one attached hydrogen (secondary N) is 1. The molecule has 0 bridgehead atoms. The zero-order chi connectivity index (χ0) is 12.1. The van der Waals surface area contributed by atoms with E-state index in [-0.39, 0.29) is 12.3 Å². The van der Waals surface area contributed by atoms with Gasteiger partial charge in [-0.25, -0.2) is 0 Å². The third-order valence-corrected chi connectivity index (χ3v) is 2.55. The van der Waals surface area contributed by atoms with Gasteiger partial charge in [0.05, 0.1) is 0 Å². The van der Waals surface area contributed by atoms with Gasteiger partial charge in [-0.2, -0.15) is 0 Å². The van der Waals surface area contributed by atoms with Crippen LogP contribution in [-0.2, 0) is 4.79 Å². The molecule has 0 amide bonds. The van der Waals surface area contributed by atoms with Gasteiger partial charge < -0.3 is 10.4 Å². The van der Waals surface area contributed by atoms with E-state index in [2.05, 4.69) is 31.3 Å². The largest absolute Gasteiger partial charge is 0.481 e. The van der Waals surface area contributed by atoms with E-state index in [0.29, 0.717) is 6.54 Å². The summed E-state index contributed by atoms with van der Waals surface area (Å²) in [4.78, 5) is 10.5. The van der Waals surface area contributed by atoms with Crippen LogP contribution in [0, 0.1) is 19.8 Å². The van der Waals surface area contributed by atoms with Crippen molar-refractivity contribution in [2.75, 3.05) is 11.9 Å². The van der Waals surface area contributed by atoms with E-state index in [1.165, 1.54) is 11.1 Å². The van der Waals surface area contributed by atoms with E-state index >= 15 is 0 Å². The lowest BCUT2D eigenvalue weighted by molar-refractivity contribution is -0.137. The van der Waals surface area contributed by atoms with Crippen LogP contribution >= 0.6 is 0 Å². The summed E-state index contributed by atoms with van der Waals surface area (Å²) in [5.41, 5.74) is 3.52. The van der Waals surface area contributed by atoms with Gasteiger partial charge in [0.25, 0.3) is 0 Å². The van der Waals surface area contributed by atoms with Crippen molar-refractivity contribution in [1.82, 2.24) is 0 Å². The lowest BCUT2D eigenvalue weighted by atomic mass is 10.1. The highest BCUT2D eigenvalue weighted by Gasteiger charge is 2.07. The quantitative estimate of drug-likeness (QED) is 0.803. The van der Waals surface area contributed by atoms with Crippen LogP contribution in [-0.4, -0.2) is 17.6 Å².